The molecule has 5 rings (SSSR count). The Morgan fingerprint density at radius 2 is 1.82 bits per heavy atom. The highest BCUT2D eigenvalue weighted by Crippen LogP contribution is 2.32. The van der Waals surface area contributed by atoms with E-state index in [1.54, 1.807) is 24.3 Å². The Balaban J connectivity index is 1.54. The van der Waals surface area contributed by atoms with E-state index in [1.165, 1.54) is 22.2 Å². The van der Waals surface area contributed by atoms with Crippen molar-refractivity contribution >= 4 is 39.8 Å². The first-order valence-corrected chi connectivity index (χ1v) is 11.6. The Kier molecular flexibility index (Phi) is 5.32. The molecule has 34 heavy (non-hydrogen) atoms. The van der Waals surface area contributed by atoms with Crippen molar-refractivity contribution in [2.45, 2.75) is 27.7 Å². The van der Waals surface area contributed by atoms with Gasteiger partial charge in [-0.2, -0.15) is 15.1 Å². The van der Waals surface area contributed by atoms with Crippen LogP contribution in [0.15, 0.2) is 64.2 Å². The van der Waals surface area contributed by atoms with E-state index in [0.29, 0.717) is 10.6 Å². The average Bonchev–Trinajstić information content (AvgIpc) is 3.34. The van der Waals surface area contributed by atoms with Gasteiger partial charge in [0.25, 0.3) is 5.91 Å². The lowest BCUT2D eigenvalue weighted by atomic mass is 10.1. The number of amidine groups is 2. The number of fused-ring (bicyclic) bond motifs is 1. The standard InChI is InChI=1S/C26H22FN5OS/c1-14-8-7-11-22(16(14)3)31-15(2)12-18(17(31)4)13-20-23(28)32-26(29-24(20)33)34-25(30-32)19-9-5-6-10-21(19)27/h5-13,28H,1-4H3/b20-13-,28-23?. The number of amides is 1. The van der Waals surface area contributed by atoms with Crippen LogP contribution in [0.5, 0.6) is 0 Å². The zero-order valence-electron chi connectivity index (χ0n) is 19.2. The summed E-state index contributed by atoms with van der Waals surface area (Å²) in [7, 11) is 0. The van der Waals surface area contributed by atoms with Crippen LogP contribution in [-0.4, -0.2) is 31.5 Å². The van der Waals surface area contributed by atoms with Gasteiger partial charge in [0, 0.05) is 22.6 Å². The topological polar surface area (TPSA) is 73.8 Å². The number of hydrogen-bond acceptors (Lipinski definition) is 4. The number of carbonyl (C=O) groups is 1. The van der Waals surface area contributed by atoms with Crippen LogP contribution in [0.1, 0.15) is 33.6 Å². The zero-order chi connectivity index (χ0) is 24.1. The van der Waals surface area contributed by atoms with Gasteiger partial charge in [0.2, 0.25) is 5.17 Å². The highest BCUT2D eigenvalue weighted by molar-refractivity contribution is 8.27. The number of carbonyl (C=O) groups excluding carboxylic acids is 1. The molecule has 0 spiro atoms. The fourth-order valence-corrected chi connectivity index (χ4v) is 5.09. The highest BCUT2D eigenvalue weighted by Gasteiger charge is 2.36. The van der Waals surface area contributed by atoms with Gasteiger partial charge in [-0.15, -0.1) is 0 Å². The number of nitrogens with one attached hydrogen (secondary N) is 1. The van der Waals surface area contributed by atoms with E-state index in [4.69, 9.17) is 5.41 Å². The van der Waals surface area contributed by atoms with Gasteiger partial charge in [-0.1, -0.05) is 24.3 Å². The SMILES string of the molecule is Cc1cccc(-n2c(C)cc(/C=C3/C(=N)N4N=C(c5ccccc5F)SC4=NC3=O)c2C)c1C. The number of nitrogens with zero attached hydrogens (tertiary/aromatic N) is 4. The summed E-state index contributed by atoms with van der Waals surface area (Å²) in [5.41, 5.74) is 6.73. The summed E-state index contributed by atoms with van der Waals surface area (Å²) in [5.74, 6) is -1.00. The second-order valence-corrected chi connectivity index (χ2v) is 9.24. The molecule has 170 valence electrons. The van der Waals surface area contributed by atoms with E-state index >= 15 is 0 Å². The molecule has 2 aliphatic rings. The molecular formula is C26H22FN5OS. The quantitative estimate of drug-likeness (QED) is 0.512. The van der Waals surface area contributed by atoms with Crippen molar-refractivity contribution in [1.29, 1.82) is 5.41 Å². The first-order chi connectivity index (χ1) is 16.3. The summed E-state index contributed by atoms with van der Waals surface area (Å²) < 4.78 is 16.4. The van der Waals surface area contributed by atoms with Crippen LogP contribution in [0, 0.1) is 38.9 Å². The van der Waals surface area contributed by atoms with Crippen molar-refractivity contribution in [2.24, 2.45) is 10.1 Å². The fourth-order valence-electron chi connectivity index (χ4n) is 4.17. The van der Waals surface area contributed by atoms with E-state index in [2.05, 4.69) is 40.6 Å². The maximum absolute atomic E-state index is 14.2. The zero-order valence-corrected chi connectivity index (χ0v) is 20.0. The predicted molar refractivity (Wildman–Crippen MR) is 135 cm³/mol. The third-order valence-corrected chi connectivity index (χ3v) is 7.09. The summed E-state index contributed by atoms with van der Waals surface area (Å²) in [6.07, 6.45) is 1.69. The lowest BCUT2D eigenvalue weighted by Gasteiger charge is -2.20. The van der Waals surface area contributed by atoms with E-state index < -0.39 is 11.7 Å². The van der Waals surface area contributed by atoms with Crippen molar-refractivity contribution in [3.8, 4) is 5.69 Å². The Morgan fingerprint density at radius 3 is 2.59 bits per heavy atom. The second-order valence-electron chi connectivity index (χ2n) is 8.29. The van der Waals surface area contributed by atoms with Crippen molar-refractivity contribution < 1.29 is 9.18 Å². The number of thioether (sulfide) groups is 1. The van der Waals surface area contributed by atoms with Gasteiger partial charge in [0.05, 0.1) is 5.57 Å². The largest absolute Gasteiger partial charge is 0.318 e. The van der Waals surface area contributed by atoms with Crippen molar-refractivity contribution in [2.75, 3.05) is 0 Å². The van der Waals surface area contributed by atoms with Crippen LogP contribution in [0.3, 0.4) is 0 Å². The van der Waals surface area contributed by atoms with Gasteiger partial charge in [-0.25, -0.2) is 4.39 Å². The molecule has 8 heteroatoms. The molecule has 2 aliphatic heterocycles. The minimum absolute atomic E-state index is 0.0784. The Hall–Kier alpha value is -3.78. The number of aliphatic imine (C=N–C) groups is 1. The van der Waals surface area contributed by atoms with Crippen LogP contribution >= 0.6 is 11.8 Å². The van der Waals surface area contributed by atoms with Crippen molar-refractivity contribution in [1.82, 2.24) is 9.58 Å². The molecule has 6 nitrogen and oxygen atoms in total. The van der Waals surface area contributed by atoms with Gasteiger partial charge in [0.15, 0.2) is 5.84 Å². The lowest BCUT2D eigenvalue weighted by molar-refractivity contribution is -0.114. The van der Waals surface area contributed by atoms with Gasteiger partial charge in [0.1, 0.15) is 10.9 Å². The predicted octanol–water partition coefficient (Wildman–Crippen LogP) is 5.52. The first-order valence-electron chi connectivity index (χ1n) is 10.8. The molecule has 0 fully saturated rings. The summed E-state index contributed by atoms with van der Waals surface area (Å²) in [5, 5.41) is 14.9. The maximum atomic E-state index is 14.2. The third-order valence-electron chi connectivity index (χ3n) is 6.15. The second kappa shape index (κ2) is 8.22. The molecule has 0 radical (unpaired) electrons. The molecule has 0 unspecified atom stereocenters. The maximum Gasteiger partial charge on any atom is 0.283 e. The monoisotopic (exact) mass is 471 g/mol. The average molecular weight is 472 g/mol. The number of aryl methyl sites for hydroxylation is 2. The third kappa shape index (κ3) is 3.51. The molecule has 1 amide bonds. The van der Waals surface area contributed by atoms with Gasteiger partial charge < -0.3 is 4.57 Å². The Bertz CT molecular complexity index is 1480. The van der Waals surface area contributed by atoms with Crippen molar-refractivity contribution in [3.05, 3.63) is 93.6 Å². The number of hydrazone groups is 1. The summed E-state index contributed by atoms with van der Waals surface area (Å²) in [4.78, 5) is 17.0. The van der Waals surface area contributed by atoms with Crippen molar-refractivity contribution in [3.63, 3.8) is 0 Å². The Morgan fingerprint density at radius 1 is 1.06 bits per heavy atom. The summed E-state index contributed by atoms with van der Waals surface area (Å²) in [6.45, 7) is 8.18. The molecule has 0 saturated carbocycles. The van der Waals surface area contributed by atoms with E-state index in [9.17, 15) is 9.18 Å². The summed E-state index contributed by atoms with van der Waals surface area (Å²) in [6, 6.07) is 14.5. The minimum Gasteiger partial charge on any atom is -0.318 e. The normalized spacial score (nSPS) is 16.7. The van der Waals surface area contributed by atoms with Crippen LogP contribution in [0.25, 0.3) is 11.8 Å². The number of hydrogen-bond donors (Lipinski definition) is 1. The first kappa shape index (κ1) is 22.0. The number of benzene rings is 2. The molecule has 1 N–H and O–H groups in total. The molecule has 0 aliphatic carbocycles. The van der Waals surface area contributed by atoms with Crippen LogP contribution in [0.4, 0.5) is 4.39 Å². The fraction of sp³-hybridized carbons (Fsp3) is 0.154. The number of aromatic nitrogens is 1. The molecule has 2 aromatic carbocycles. The van der Waals surface area contributed by atoms with Crippen LogP contribution in [0.2, 0.25) is 0 Å². The van der Waals surface area contributed by atoms with E-state index in [-0.39, 0.29) is 16.6 Å². The van der Waals surface area contributed by atoms with Gasteiger partial charge in [-0.3, -0.25) is 10.2 Å². The van der Waals surface area contributed by atoms with Gasteiger partial charge in [-0.05, 0) is 86.5 Å². The summed E-state index contributed by atoms with van der Waals surface area (Å²) >= 11 is 1.08. The number of rotatable bonds is 3. The highest BCUT2D eigenvalue weighted by atomic mass is 32.2. The molecule has 0 atom stereocenters. The van der Waals surface area contributed by atoms with E-state index in [1.807, 2.05) is 26.0 Å². The molecular weight excluding hydrogens is 449 g/mol. The molecule has 0 bridgehead atoms. The molecule has 3 heterocycles. The van der Waals surface area contributed by atoms with E-state index in [0.717, 1.165) is 34.4 Å². The Labute approximate surface area is 201 Å². The lowest BCUT2D eigenvalue weighted by Crippen LogP contribution is -2.35. The molecule has 0 saturated heterocycles. The molecule has 1 aromatic heterocycles. The van der Waals surface area contributed by atoms with Crippen LogP contribution in [-0.2, 0) is 4.79 Å². The smallest absolute Gasteiger partial charge is 0.283 e. The molecule has 3 aromatic rings. The van der Waals surface area contributed by atoms with Gasteiger partial charge >= 0.3 is 0 Å². The minimum atomic E-state index is -0.509. The number of halogens is 1. The van der Waals surface area contributed by atoms with Crippen LogP contribution < -0.4 is 0 Å².